The van der Waals surface area contributed by atoms with Crippen LogP contribution in [-0.2, 0) is 9.22 Å². The molecule has 0 aromatic heterocycles. The summed E-state index contributed by atoms with van der Waals surface area (Å²) in [5.41, 5.74) is 0. The Balaban J connectivity index is 2.55. The van der Waals surface area contributed by atoms with Crippen molar-refractivity contribution in [3.63, 3.8) is 0 Å². The third kappa shape index (κ3) is 2.67. The maximum absolute atomic E-state index is 11.1. The van der Waals surface area contributed by atoms with Crippen molar-refractivity contribution in [3.8, 4) is 0 Å². The summed E-state index contributed by atoms with van der Waals surface area (Å²) in [6.45, 7) is 11.2. The summed E-state index contributed by atoms with van der Waals surface area (Å²) in [4.78, 5) is 11.1. The number of carbonyl (C=O) groups excluding carboxylic acids is 1. The van der Waals surface area contributed by atoms with Gasteiger partial charge in [-0.15, -0.1) is 0 Å². The molecule has 3 heteroatoms. The molecule has 1 aliphatic carbocycles. The van der Waals surface area contributed by atoms with Gasteiger partial charge in [0.05, 0.1) is 6.10 Å². The van der Waals surface area contributed by atoms with Gasteiger partial charge in [-0.1, -0.05) is 20.8 Å². The van der Waals surface area contributed by atoms with Crippen LogP contribution in [0.2, 0.25) is 18.1 Å². The highest BCUT2D eigenvalue weighted by Crippen LogP contribution is 2.38. The van der Waals surface area contributed by atoms with Gasteiger partial charge in [-0.05, 0) is 24.6 Å². The topological polar surface area (TPSA) is 26.3 Å². The molecule has 0 radical (unpaired) electrons. The first-order valence-corrected chi connectivity index (χ1v) is 8.33. The summed E-state index contributed by atoms with van der Waals surface area (Å²) in [5.74, 6) is 0.369. The predicted octanol–water partition coefficient (Wildman–Crippen LogP) is 3.13. The summed E-state index contributed by atoms with van der Waals surface area (Å²) in [5, 5.41) is 0.249. The van der Waals surface area contributed by atoms with Crippen LogP contribution >= 0.6 is 0 Å². The van der Waals surface area contributed by atoms with Crippen molar-refractivity contribution < 1.29 is 9.22 Å². The second-order valence-electron chi connectivity index (χ2n) is 5.78. The Hall–Kier alpha value is -0.153. The Bertz CT molecular complexity index is 228. The van der Waals surface area contributed by atoms with E-state index in [1.807, 2.05) is 0 Å². The van der Waals surface area contributed by atoms with E-state index in [1.165, 1.54) is 0 Å². The molecule has 1 aliphatic rings. The number of ketones is 1. The molecule has 0 heterocycles. The monoisotopic (exact) mass is 214 g/mol. The number of hydrogen-bond acceptors (Lipinski definition) is 2. The van der Waals surface area contributed by atoms with Crippen molar-refractivity contribution in [1.29, 1.82) is 0 Å². The van der Waals surface area contributed by atoms with Gasteiger partial charge in [0.2, 0.25) is 0 Å². The molecular formula is C11H22O2Si. The minimum Gasteiger partial charge on any atom is -0.413 e. The van der Waals surface area contributed by atoms with Crippen LogP contribution in [0.5, 0.6) is 0 Å². The molecule has 14 heavy (non-hydrogen) atoms. The molecule has 0 N–H and O–H groups in total. The summed E-state index contributed by atoms with van der Waals surface area (Å²) < 4.78 is 6.15. The molecule has 1 atom stereocenters. The zero-order valence-electron chi connectivity index (χ0n) is 10.0. The predicted molar refractivity (Wildman–Crippen MR) is 60.9 cm³/mol. The molecule has 1 fully saturated rings. The lowest BCUT2D eigenvalue weighted by Crippen LogP contribution is -2.43. The second-order valence-corrected chi connectivity index (χ2v) is 10.5. The Morgan fingerprint density at radius 1 is 1.36 bits per heavy atom. The van der Waals surface area contributed by atoms with Crippen molar-refractivity contribution >= 4 is 14.1 Å². The highest BCUT2D eigenvalue weighted by Gasteiger charge is 2.40. The van der Waals surface area contributed by atoms with Crippen molar-refractivity contribution in [2.75, 3.05) is 0 Å². The lowest BCUT2D eigenvalue weighted by molar-refractivity contribution is -0.117. The van der Waals surface area contributed by atoms with Crippen molar-refractivity contribution in [1.82, 2.24) is 0 Å². The van der Waals surface area contributed by atoms with Crippen LogP contribution in [0.4, 0.5) is 0 Å². The summed E-state index contributed by atoms with van der Waals surface area (Å²) in [6.07, 6.45) is 2.51. The standard InChI is InChI=1S/C11H22O2Si/c1-11(2,3)14(4,5)13-10-7-6-9(12)8-10/h10H,6-8H2,1-5H3. The minimum atomic E-state index is -1.65. The summed E-state index contributed by atoms with van der Waals surface area (Å²) >= 11 is 0. The lowest BCUT2D eigenvalue weighted by atomic mass is 10.2. The third-order valence-corrected chi connectivity index (χ3v) is 8.00. The van der Waals surface area contributed by atoms with E-state index in [0.717, 1.165) is 12.8 Å². The van der Waals surface area contributed by atoms with Crippen LogP contribution in [0.1, 0.15) is 40.0 Å². The third-order valence-electron chi connectivity index (χ3n) is 3.47. The zero-order valence-corrected chi connectivity index (χ0v) is 11.0. The fraction of sp³-hybridized carbons (Fsp3) is 0.909. The Labute approximate surface area is 88.2 Å². The van der Waals surface area contributed by atoms with Crippen LogP contribution in [0, 0.1) is 0 Å². The van der Waals surface area contributed by atoms with Gasteiger partial charge in [0.1, 0.15) is 5.78 Å². The number of rotatable bonds is 2. The Kier molecular flexibility index (Phi) is 3.22. The minimum absolute atomic E-state index is 0.211. The molecule has 0 aromatic carbocycles. The molecule has 0 saturated heterocycles. The van der Waals surface area contributed by atoms with Gasteiger partial charge < -0.3 is 4.43 Å². The van der Waals surface area contributed by atoms with Crippen LogP contribution in [0.25, 0.3) is 0 Å². The molecule has 1 saturated carbocycles. The highest BCUT2D eigenvalue weighted by atomic mass is 28.4. The molecule has 1 rings (SSSR count). The fourth-order valence-corrected chi connectivity index (χ4v) is 2.86. The molecule has 2 nitrogen and oxygen atoms in total. The van der Waals surface area contributed by atoms with Crippen LogP contribution < -0.4 is 0 Å². The second kappa shape index (κ2) is 3.78. The van der Waals surface area contributed by atoms with Crippen LogP contribution in [-0.4, -0.2) is 20.2 Å². The SMILES string of the molecule is CC(C)(C)[Si](C)(C)OC1CCC(=O)C1. The first-order valence-electron chi connectivity index (χ1n) is 5.42. The average molecular weight is 214 g/mol. The van der Waals surface area contributed by atoms with Gasteiger partial charge in [0.15, 0.2) is 8.32 Å². The maximum Gasteiger partial charge on any atom is 0.192 e. The summed E-state index contributed by atoms with van der Waals surface area (Å²) in [6, 6.07) is 0. The van der Waals surface area contributed by atoms with E-state index < -0.39 is 8.32 Å². The number of carbonyl (C=O) groups is 1. The maximum atomic E-state index is 11.1. The van der Waals surface area contributed by atoms with Crippen LogP contribution in [0.3, 0.4) is 0 Å². The molecule has 0 aromatic rings. The van der Waals surface area contributed by atoms with E-state index in [0.29, 0.717) is 12.2 Å². The molecule has 1 unspecified atom stereocenters. The smallest absolute Gasteiger partial charge is 0.192 e. The molecule has 0 aliphatic heterocycles. The Morgan fingerprint density at radius 3 is 2.29 bits per heavy atom. The first kappa shape index (κ1) is 11.9. The van der Waals surface area contributed by atoms with E-state index in [4.69, 9.17) is 4.43 Å². The molecular weight excluding hydrogens is 192 g/mol. The Morgan fingerprint density at radius 2 is 1.93 bits per heavy atom. The van der Waals surface area contributed by atoms with E-state index in [2.05, 4.69) is 33.9 Å². The van der Waals surface area contributed by atoms with Crippen molar-refractivity contribution in [2.45, 2.75) is 64.3 Å². The van der Waals surface area contributed by atoms with Gasteiger partial charge in [-0.2, -0.15) is 0 Å². The van der Waals surface area contributed by atoms with E-state index in [-0.39, 0.29) is 11.1 Å². The van der Waals surface area contributed by atoms with Gasteiger partial charge in [0.25, 0.3) is 0 Å². The largest absolute Gasteiger partial charge is 0.413 e. The molecule has 0 bridgehead atoms. The quantitative estimate of drug-likeness (QED) is 0.660. The van der Waals surface area contributed by atoms with Gasteiger partial charge in [-0.3, -0.25) is 4.79 Å². The van der Waals surface area contributed by atoms with Crippen molar-refractivity contribution in [3.05, 3.63) is 0 Å². The van der Waals surface area contributed by atoms with Gasteiger partial charge in [-0.25, -0.2) is 0 Å². The molecule has 0 spiro atoms. The van der Waals surface area contributed by atoms with E-state index >= 15 is 0 Å². The first-order chi connectivity index (χ1) is 6.22. The lowest BCUT2D eigenvalue weighted by Gasteiger charge is -2.38. The zero-order chi connectivity index (χ0) is 11.0. The molecule has 0 amide bonds. The van der Waals surface area contributed by atoms with Crippen LogP contribution in [0.15, 0.2) is 0 Å². The molecule has 82 valence electrons. The van der Waals surface area contributed by atoms with Crippen molar-refractivity contribution in [2.24, 2.45) is 0 Å². The average Bonchev–Trinajstić information content (AvgIpc) is 2.31. The van der Waals surface area contributed by atoms with E-state index in [1.54, 1.807) is 0 Å². The number of Topliss-reactive ketones (excluding diaryl/α,β-unsaturated/α-hetero) is 1. The van der Waals surface area contributed by atoms with E-state index in [9.17, 15) is 4.79 Å². The fourth-order valence-electron chi connectivity index (χ4n) is 1.47. The van der Waals surface area contributed by atoms with Gasteiger partial charge in [0, 0.05) is 12.8 Å². The number of hydrogen-bond donors (Lipinski definition) is 0. The van der Waals surface area contributed by atoms with Gasteiger partial charge >= 0.3 is 0 Å². The normalized spacial score (nSPS) is 24.4. The highest BCUT2D eigenvalue weighted by molar-refractivity contribution is 6.74. The summed E-state index contributed by atoms with van der Waals surface area (Å²) in [7, 11) is -1.65.